The second kappa shape index (κ2) is 5.62. The molecule has 3 heteroatoms. The van der Waals surface area contributed by atoms with Crippen molar-refractivity contribution in [2.75, 3.05) is 7.11 Å². The predicted octanol–water partition coefficient (Wildman–Crippen LogP) is 4.46. The van der Waals surface area contributed by atoms with Crippen LogP contribution in [0.15, 0.2) is 22.7 Å². The van der Waals surface area contributed by atoms with Crippen molar-refractivity contribution >= 4 is 15.9 Å². The third-order valence-electron chi connectivity index (χ3n) is 4.38. The van der Waals surface area contributed by atoms with Gasteiger partial charge < -0.3 is 9.84 Å². The summed E-state index contributed by atoms with van der Waals surface area (Å²) in [5, 5.41) is 10.7. The standard InChI is InChI=1S/C15H21BrO2/c1-3-15(8-4-5-9-15)14(17)11-6-7-13(18-2)12(16)10-11/h6-7,10,14,17H,3-5,8-9H2,1-2H3. The molecule has 1 aliphatic rings. The fourth-order valence-electron chi connectivity index (χ4n) is 3.11. The van der Waals surface area contributed by atoms with Gasteiger partial charge in [-0.25, -0.2) is 0 Å². The number of benzene rings is 1. The molecule has 1 fully saturated rings. The number of methoxy groups -OCH3 is 1. The molecular formula is C15H21BrO2. The maximum Gasteiger partial charge on any atom is 0.133 e. The molecule has 100 valence electrons. The highest BCUT2D eigenvalue weighted by Gasteiger charge is 2.39. The summed E-state index contributed by atoms with van der Waals surface area (Å²) in [5.74, 6) is 0.808. The van der Waals surface area contributed by atoms with Crippen molar-refractivity contribution in [2.45, 2.75) is 45.1 Å². The Morgan fingerprint density at radius 2 is 2.06 bits per heavy atom. The monoisotopic (exact) mass is 312 g/mol. The summed E-state index contributed by atoms with van der Waals surface area (Å²) in [4.78, 5) is 0. The molecule has 0 bridgehead atoms. The lowest BCUT2D eigenvalue weighted by molar-refractivity contribution is 0.0237. The van der Waals surface area contributed by atoms with Gasteiger partial charge >= 0.3 is 0 Å². The first-order chi connectivity index (χ1) is 8.63. The van der Waals surface area contributed by atoms with Gasteiger partial charge in [-0.15, -0.1) is 0 Å². The van der Waals surface area contributed by atoms with Crippen molar-refractivity contribution in [1.82, 2.24) is 0 Å². The van der Waals surface area contributed by atoms with E-state index < -0.39 is 0 Å². The van der Waals surface area contributed by atoms with Crippen molar-refractivity contribution in [3.8, 4) is 5.75 Å². The van der Waals surface area contributed by atoms with Gasteiger partial charge in [-0.05, 0) is 52.9 Å². The number of ether oxygens (including phenoxy) is 1. The van der Waals surface area contributed by atoms with Gasteiger partial charge in [0.15, 0.2) is 0 Å². The van der Waals surface area contributed by atoms with Crippen LogP contribution in [0.4, 0.5) is 0 Å². The van der Waals surface area contributed by atoms with Crippen molar-refractivity contribution in [3.05, 3.63) is 28.2 Å². The molecule has 2 rings (SSSR count). The molecule has 0 amide bonds. The summed E-state index contributed by atoms with van der Waals surface area (Å²) in [6, 6.07) is 5.88. The first-order valence-corrected chi connectivity index (χ1v) is 7.44. The maximum atomic E-state index is 10.7. The Morgan fingerprint density at radius 3 is 2.56 bits per heavy atom. The van der Waals surface area contributed by atoms with Crippen LogP contribution in [0.2, 0.25) is 0 Å². The van der Waals surface area contributed by atoms with Gasteiger partial charge in [0.05, 0.1) is 17.7 Å². The van der Waals surface area contributed by atoms with Crippen LogP contribution in [0.5, 0.6) is 5.75 Å². The Labute approximate surface area is 117 Å². The average molecular weight is 313 g/mol. The van der Waals surface area contributed by atoms with E-state index in [2.05, 4.69) is 22.9 Å². The van der Waals surface area contributed by atoms with Crippen LogP contribution in [0, 0.1) is 5.41 Å². The molecule has 1 saturated carbocycles. The summed E-state index contributed by atoms with van der Waals surface area (Å²) in [6.07, 6.45) is 5.41. The molecule has 0 saturated heterocycles. The van der Waals surface area contributed by atoms with Gasteiger partial charge in [0.25, 0.3) is 0 Å². The van der Waals surface area contributed by atoms with Crippen LogP contribution in [0.1, 0.15) is 50.7 Å². The lowest BCUT2D eigenvalue weighted by atomic mass is 9.75. The fraction of sp³-hybridized carbons (Fsp3) is 0.600. The van der Waals surface area contributed by atoms with E-state index in [4.69, 9.17) is 4.74 Å². The molecule has 1 aromatic carbocycles. The zero-order valence-corrected chi connectivity index (χ0v) is 12.7. The lowest BCUT2D eigenvalue weighted by Crippen LogP contribution is -2.25. The van der Waals surface area contributed by atoms with Crippen LogP contribution in [-0.4, -0.2) is 12.2 Å². The fourth-order valence-corrected chi connectivity index (χ4v) is 3.66. The molecular weight excluding hydrogens is 292 g/mol. The van der Waals surface area contributed by atoms with Gasteiger partial charge in [-0.2, -0.15) is 0 Å². The third kappa shape index (κ3) is 2.43. The minimum absolute atomic E-state index is 0.0774. The molecule has 0 aromatic heterocycles. The molecule has 1 unspecified atom stereocenters. The molecule has 0 spiro atoms. The van der Waals surface area contributed by atoms with Gasteiger partial charge in [-0.1, -0.05) is 25.8 Å². The summed E-state index contributed by atoms with van der Waals surface area (Å²) in [6.45, 7) is 2.19. The van der Waals surface area contributed by atoms with Gasteiger partial charge in [0, 0.05) is 5.41 Å². The van der Waals surface area contributed by atoms with E-state index in [0.717, 1.165) is 35.0 Å². The molecule has 1 aromatic rings. The topological polar surface area (TPSA) is 29.5 Å². The van der Waals surface area contributed by atoms with E-state index in [1.165, 1.54) is 12.8 Å². The highest BCUT2D eigenvalue weighted by Crippen LogP contribution is 2.50. The minimum Gasteiger partial charge on any atom is -0.496 e. The molecule has 18 heavy (non-hydrogen) atoms. The largest absolute Gasteiger partial charge is 0.496 e. The average Bonchev–Trinajstić information content (AvgIpc) is 2.87. The molecule has 0 radical (unpaired) electrons. The van der Waals surface area contributed by atoms with Crippen LogP contribution in [0.3, 0.4) is 0 Å². The van der Waals surface area contributed by atoms with Crippen molar-refractivity contribution in [3.63, 3.8) is 0 Å². The summed E-state index contributed by atoms with van der Waals surface area (Å²) in [7, 11) is 1.65. The van der Waals surface area contributed by atoms with E-state index >= 15 is 0 Å². The van der Waals surface area contributed by atoms with Gasteiger partial charge in [-0.3, -0.25) is 0 Å². The zero-order chi connectivity index (χ0) is 13.2. The highest BCUT2D eigenvalue weighted by atomic mass is 79.9. The number of halogens is 1. The van der Waals surface area contributed by atoms with Crippen LogP contribution in [-0.2, 0) is 0 Å². The summed E-state index contributed by atoms with van der Waals surface area (Å²) in [5.41, 5.74) is 1.07. The van der Waals surface area contributed by atoms with E-state index in [1.807, 2.05) is 18.2 Å². The number of rotatable bonds is 4. The Hall–Kier alpha value is -0.540. The second-order valence-electron chi connectivity index (χ2n) is 5.22. The maximum absolute atomic E-state index is 10.7. The van der Waals surface area contributed by atoms with Crippen LogP contribution >= 0.6 is 15.9 Å². The smallest absolute Gasteiger partial charge is 0.133 e. The lowest BCUT2D eigenvalue weighted by Gasteiger charge is -2.33. The van der Waals surface area contributed by atoms with Crippen LogP contribution < -0.4 is 4.74 Å². The number of aliphatic hydroxyl groups excluding tert-OH is 1. The van der Waals surface area contributed by atoms with Gasteiger partial charge in [0.1, 0.15) is 5.75 Å². The third-order valence-corrected chi connectivity index (χ3v) is 4.99. The number of hydrogen-bond donors (Lipinski definition) is 1. The Bertz CT molecular complexity index is 411. The molecule has 0 heterocycles. The highest BCUT2D eigenvalue weighted by molar-refractivity contribution is 9.10. The molecule has 1 N–H and O–H groups in total. The normalized spacial score (nSPS) is 19.8. The SMILES string of the molecule is CCC1(C(O)c2ccc(OC)c(Br)c2)CCCC1. The van der Waals surface area contributed by atoms with Gasteiger partial charge in [0.2, 0.25) is 0 Å². The van der Waals surface area contributed by atoms with E-state index in [-0.39, 0.29) is 11.5 Å². The Balaban J connectivity index is 2.27. The first-order valence-electron chi connectivity index (χ1n) is 6.64. The Morgan fingerprint density at radius 1 is 1.39 bits per heavy atom. The summed E-state index contributed by atoms with van der Waals surface area (Å²) < 4.78 is 6.14. The quantitative estimate of drug-likeness (QED) is 0.889. The zero-order valence-electron chi connectivity index (χ0n) is 11.1. The molecule has 2 nitrogen and oxygen atoms in total. The van der Waals surface area contributed by atoms with E-state index in [9.17, 15) is 5.11 Å². The van der Waals surface area contributed by atoms with E-state index in [0.29, 0.717) is 0 Å². The predicted molar refractivity (Wildman–Crippen MR) is 76.8 cm³/mol. The molecule has 1 aliphatic carbocycles. The van der Waals surface area contributed by atoms with E-state index in [1.54, 1.807) is 7.11 Å². The number of aliphatic hydroxyl groups is 1. The second-order valence-corrected chi connectivity index (χ2v) is 6.07. The van der Waals surface area contributed by atoms with Crippen LogP contribution in [0.25, 0.3) is 0 Å². The minimum atomic E-state index is -0.368. The van der Waals surface area contributed by atoms with Crippen molar-refractivity contribution in [2.24, 2.45) is 5.41 Å². The summed E-state index contributed by atoms with van der Waals surface area (Å²) >= 11 is 3.49. The molecule has 1 atom stereocenters. The molecule has 0 aliphatic heterocycles. The number of hydrogen-bond acceptors (Lipinski definition) is 2. The van der Waals surface area contributed by atoms with Crippen molar-refractivity contribution in [1.29, 1.82) is 0 Å². The van der Waals surface area contributed by atoms with Crippen molar-refractivity contribution < 1.29 is 9.84 Å². The Kier molecular flexibility index (Phi) is 4.33. The first kappa shape index (κ1) is 13.9.